The second-order valence-electron chi connectivity index (χ2n) is 5.98. The molecule has 1 rings (SSSR count). The van der Waals surface area contributed by atoms with Gasteiger partial charge in [-0.25, -0.2) is 0 Å². The van der Waals surface area contributed by atoms with Crippen molar-refractivity contribution in [1.82, 2.24) is 5.32 Å². The van der Waals surface area contributed by atoms with Crippen LogP contribution in [0.1, 0.15) is 51.8 Å². The summed E-state index contributed by atoms with van der Waals surface area (Å²) in [6.45, 7) is 10.3. The molecular weight excluding hydrogens is 254 g/mol. The maximum Gasteiger partial charge on any atom is 0.0519 e. The van der Waals surface area contributed by atoms with Gasteiger partial charge in [-0.15, -0.1) is 0 Å². The number of aryl methyl sites for hydroxylation is 1. The molecule has 0 saturated carbocycles. The molecule has 0 aliphatic carbocycles. The zero-order valence-corrected chi connectivity index (χ0v) is 13.8. The lowest BCUT2D eigenvalue weighted by Gasteiger charge is -2.29. The Morgan fingerprint density at radius 3 is 2.11 bits per heavy atom. The lowest BCUT2D eigenvalue weighted by Crippen LogP contribution is -2.38. The molecule has 1 N–H and O–H groups in total. The Kier molecular flexibility index (Phi) is 5.75. The molecule has 0 aromatic heterocycles. The molecule has 0 aliphatic heterocycles. The minimum atomic E-state index is -0.882. The first-order valence-corrected chi connectivity index (χ1v) is 8.19. The Morgan fingerprint density at radius 1 is 1.21 bits per heavy atom. The van der Waals surface area contributed by atoms with E-state index in [1.807, 2.05) is 27.8 Å². The van der Waals surface area contributed by atoms with E-state index >= 15 is 0 Å². The molecule has 3 unspecified atom stereocenters. The second-order valence-corrected chi connectivity index (χ2v) is 8.54. The summed E-state index contributed by atoms with van der Waals surface area (Å²) in [6.07, 6.45) is 1.05. The van der Waals surface area contributed by atoms with Crippen molar-refractivity contribution in [2.45, 2.75) is 57.1 Å². The van der Waals surface area contributed by atoms with Crippen LogP contribution in [0.15, 0.2) is 24.3 Å². The molecule has 0 radical (unpaired) electrons. The Bertz CT molecular complexity index is 419. The molecular formula is C16H27NOS. The summed E-state index contributed by atoms with van der Waals surface area (Å²) in [6, 6.07) is 8.75. The molecule has 2 nitrogen and oxygen atoms in total. The van der Waals surface area contributed by atoms with Crippen LogP contribution in [0.4, 0.5) is 0 Å². The van der Waals surface area contributed by atoms with Crippen LogP contribution in [-0.2, 0) is 17.2 Å². The first kappa shape index (κ1) is 16.4. The first-order chi connectivity index (χ1) is 8.81. The Balaban J connectivity index is 2.96. The standard InChI is InChI=1S/C16H27NOS/c1-7-13-8-10-14(11-9-13)15(17-6)12(2)19(18)16(3,4)5/h8-12,15,17H,7H2,1-6H3. The summed E-state index contributed by atoms with van der Waals surface area (Å²) in [5.41, 5.74) is 2.55. The maximum absolute atomic E-state index is 12.5. The van der Waals surface area contributed by atoms with Gasteiger partial charge < -0.3 is 5.32 Å². The van der Waals surface area contributed by atoms with Crippen molar-refractivity contribution in [2.75, 3.05) is 7.05 Å². The molecule has 0 heterocycles. The van der Waals surface area contributed by atoms with Crippen molar-refractivity contribution in [3.05, 3.63) is 35.4 Å². The van der Waals surface area contributed by atoms with Crippen LogP contribution in [0, 0.1) is 0 Å². The van der Waals surface area contributed by atoms with Gasteiger partial charge in [-0.3, -0.25) is 4.21 Å². The average molecular weight is 281 g/mol. The van der Waals surface area contributed by atoms with Crippen LogP contribution in [0.25, 0.3) is 0 Å². The molecule has 0 fully saturated rings. The van der Waals surface area contributed by atoms with E-state index in [2.05, 4.69) is 43.4 Å². The molecule has 108 valence electrons. The zero-order chi connectivity index (χ0) is 14.6. The van der Waals surface area contributed by atoms with Crippen molar-refractivity contribution in [1.29, 1.82) is 0 Å². The number of benzene rings is 1. The van der Waals surface area contributed by atoms with Crippen LogP contribution in [0.5, 0.6) is 0 Å². The van der Waals surface area contributed by atoms with Crippen molar-refractivity contribution in [3.63, 3.8) is 0 Å². The van der Waals surface area contributed by atoms with Gasteiger partial charge in [0.15, 0.2) is 0 Å². The van der Waals surface area contributed by atoms with Crippen molar-refractivity contribution < 1.29 is 4.21 Å². The normalized spacial score (nSPS) is 16.9. The Labute approximate surface area is 120 Å². The van der Waals surface area contributed by atoms with Crippen molar-refractivity contribution >= 4 is 10.8 Å². The van der Waals surface area contributed by atoms with Crippen molar-refractivity contribution in [2.24, 2.45) is 0 Å². The molecule has 3 heteroatoms. The highest BCUT2D eigenvalue weighted by Crippen LogP contribution is 2.26. The smallest absolute Gasteiger partial charge is 0.0519 e. The molecule has 0 bridgehead atoms. The maximum atomic E-state index is 12.5. The van der Waals surface area contributed by atoms with Crippen LogP contribution in [-0.4, -0.2) is 21.3 Å². The van der Waals surface area contributed by atoms with E-state index in [0.717, 1.165) is 6.42 Å². The average Bonchev–Trinajstić information content (AvgIpc) is 2.38. The van der Waals surface area contributed by atoms with Crippen LogP contribution in [0.2, 0.25) is 0 Å². The third-order valence-corrected chi connectivity index (χ3v) is 5.62. The molecule has 19 heavy (non-hydrogen) atoms. The van der Waals surface area contributed by atoms with Gasteiger partial charge in [-0.2, -0.15) is 0 Å². The van der Waals surface area contributed by atoms with Gasteiger partial charge in [0.1, 0.15) is 0 Å². The second kappa shape index (κ2) is 6.67. The number of nitrogens with one attached hydrogen (secondary N) is 1. The molecule has 1 aromatic rings. The van der Waals surface area contributed by atoms with E-state index < -0.39 is 10.8 Å². The minimum absolute atomic E-state index is 0.0810. The van der Waals surface area contributed by atoms with Crippen LogP contribution >= 0.6 is 0 Å². The number of rotatable bonds is 5. The summed E-state index contributed by atoms with van der Waals surface area (Å²) in [5, 5.41) is 3.40. The predicted molar refractivity (Wildman–Crippen MR) is 85.0 cm³/mol. The minimum Gasteiger partial charge on any atom is -0.312 e. The van der Waals surface area contributed by atoms with Gasteiger partial charge in [0.25, 0.3) is 0 Å². The summed E-state index contributed by atoms with van der Waals surface area (Å²) in [7, 11) is 1.06. The number of hydrogen-bond donors (Lipinski definition) is 1. The van der Waals surface area contributed by atoms with Gasteiger partial charge in [0.05, 0.1) is 5.25 Å². The van der Waals surface area contributed by atoms with Crippen LogP contribution in [0.3, 0.4) is 0 Å². The highest BCUT2D eigenvalue weighted by molar-refractivity contribution is 7.87. The lowest BCUT2D eigenvalue weighted by atomic mass is 10.0. The largest absolute Gasteiger partial charge is 0.312 e. The first-order valence-electron chi connectivity index (χ1n) is 6.98. The fourth-order valence-electron chi connectivity index (χ4n) is 2.31. The van der Waals surface area contributed by atoms with E-state index in [9.17, 15) is 4.21 Å². The van der Waals surface area contributed by atoms with Gasteiger partial charge in [0.2, 0.25) is 0 Å². The fraction of sp³-hybridized carbons (Fsp3) is 0.625. The highest BCUT2D eigenvalue weighted by atomic mass is 32.2. The Hall–Kier alpha value is -0.670. The molecule has 3 atom stereocenters. The molecule has 0 aliphatic rings. The quantitative estimate of drug-likeness (QED) is 0.895. The Morgan fingerprint density at radius 2 is 1.74 bits per heavy atom. The van der Waals surface area contributed by atoms with Crippen molar-refractivity contribution in [3.8, 4) is 0 Å². The summed E-state index contributed by atoms with van der Waals surface area (Å²) < 4.78 is 12.3. The SMILES string of the molecule is CCc1ccc(C(NC)C(C)S(=O)C(C)(C)C)cc1. The molecule has 0 saturated heterocycles. The predicted octanol–water partition coefficient (Wildman–Crippen LogP) is 3.45. The monoisotopic (exact) mass is 281 g/mol. The van der Waals surface area contributed by atoms with Gasteiger partial charge >= 0.3 is 0 Å². The van der Waals surface area contributed by atoms with Gasteiger partial charge in [-0.05, 0) is 52.3 Å². The molecule has 1 aromatic carbocycles. The van der Waals surface area contributed by atoms with E-state index in [0.29, 0.717) is 0 Å². The third kappa shape index (κ3) is 4.15. The van der Waals surface area contributed by atoms with Gasteiger partial charge in [0, 0.05) is 21.6 Å². The summed E-state index contributed by atoms with van der Waals surface area (Å²) in [4.78, 5) is 0. The third-order valence-electron chi connectivity index (χ3n) is 3.47. The van der Waals surface area contributed by atoms with Crippen LogP contribution < -0.4 is 5.32 Å². The summed E-state index contributed by atoms with van der Waals surface area (Å²) >= 11 is 0. The van der Waals surface area contributed by atoms with E-state index in [4.69, 9.17) is 0 Å². The van der Waals surface area contributed by atoms with E-state index in [1.54, 1.807) is 0 Å². The highest BCUT2D eigenvalue weighted by Gasteiger charge is 2.30. The number of hydrogen-bond acceptors (Lipinski definition) is 2. The topological polar surface area (TPSA) is 29.1 Å². The lowest BCUT2D eigenvalue weighted by molar-refractivity contribution is 0.556. The van der Waals surface area contributed by atoms with Gasteiger partial charge in [-0.1, -0.05) is 31.2 Å². The molecule has 0 spiro atoms. The summed E-state index contributed by atoms with van der Waals surface area (Å²) in [5.74, 6) is 0. The molecule has 0 amide bonds. The zero-order valence-electron chi connectivity index (χ0n) is 13.0. The van der Waals surface area contributed by atoms with E-state index in [1.165, 1.54) is 11.1 Å². The fourth-order valence-corrected chi connectivity index (χ4v) is 3.97. The van der Waals surface area contributed by atoms with E-state index in [-0.39, 0.29) is 16.0 Å².